The molecule has 2 rings (SSSR count). The van der Waals surface area contributed by atoms with Crippen LogP contribution in [0.3, 0.4) is 0 Å². The molecule has 1 aromatic rings. The molecule has 0 aromatic heterocycles. The molecule has 1 saturated heterocycles. The van der Waals surface area contributed by atoms with E-state index in [0.29, 0.717) is 13.0 Å². The molecule has 0 saturated carbocycles. The van der Waals surface area contributed by atoms with Crippen molar-refractivity contribution in [1.82, 2.24) is 4.90 Å². The zero-order valence-electron chi connectivity index (χ0n) is 11.2. The molecule has 0 radical (unpaired) electrons. The third kappa shape index (κ3) is 3.13. The van der Waals surface area contributed by atoms with Gasteiger partial charge in [0, 0.05) is 19.2 Å². The lowest BCUT2D eigenvalue weighted by Crippen LogP contribution is -2.36. The van der Waals surface area contributed by atoms with Gasteiger partial charge in [0.1, 0.15) is 5.82 Å². The van der Waals surface area contributed by atoms with Crippen molar-refractivity contribution in [2.45, 2.75) is 38.6 Å². The molecule has 104 valence electrons. The van der Waals surface area contributed by atoms with E-state index in [-0.39, 0.29) is 24.1 Å². The number of aliphatic hydroxyl groups excluding tert-OH is 1. The van der Waals surface area contributed by atoms with Crippen LogP contribution < -0.4 is 0 Å². The lowest BCUT2D eigenvalue weighted by molar-refractivity contribution is 0.0719. The fourth-order valence-corrected chi connectivity index (χ4v) is 2.69. The van der Waals surface area contributed by atoms with Gasteiger partial charge in [-0.05, 0) is 44.7 Å². The maximum Gasteiger partial charge on any atom is 0.257 e. The number of benzene rings is 1. The average molecular weight is 265 g/mol. The van der Waals surface area contributed by atoms with Crippen LogP contribution in [0.25, 0.3) is 0 Å². The number of nitrogens with zero attached hydrogens (tertiary/aromatic N) is 1. The second-order valence-corrected chi connectivity index (χ2v) is 5.14. The van der Waals surface area contributed by atoms with E-state index in [9.17, 15) is 9.18 Å². The number of aryl methyl sites for hydroxylation is 1. The van der Waals surface area contributed by atoms with Crippen molar-refractivity contribution in [3.63, 3.8) is 0 Å². The van der Waals surface area contributed by atoms with E-state index in [0.717, 1.165) is 24.8 Å². The minimum absolute atomic E-state index is 0.136. The predicted molar refractivity (Wildman–Crippen MR) is 71.5 cm³/mol. The van der Waals surface area contributed by atoms with E-state index in [1.807, 2.05) is 6.92 Å². The molecule has 1 aromatic carbocycles. The van der Waals surface area contributed by atoms with E-state index in [4.69, 9.17) is 5.11 Å². The molecule has 0 aliphatic carbocycles. The normalized spacial score (nSPS) is 18.9. The van der Waals surface area contributed by atoms with Crippen LogP contribution in [0.15, 0.2) is 18.2 Å². The summed E-state index contributed by atoms with van der Waals surface area (Å²) in [7, 11) is 0. The van der Waals surface area contributed by atoms with Crippen molar-refractivity contribution in [1.29, 1.82) is 0 Å². The summed E-state index contributed by atoms with van der Waals surface area (Å²) in [6, 6.07) is 4.76. The van der Waals surface area contributed by atoms with Crippen LogP contribution in [-0.4, -0.2) is 35.1 Å². The van der Waals surface area contributed by atoms with E-state index in [2.05, 4.69) is 0 Å². The Hall–Kier alpha value is -1.42. The van der Waals surface area contributed by atoms with E-state index in [1.54, 1.807) is 17.0 Å². The van der Waals surface area contributed by atoms with Crippen molar-refractivity contribution < 1.29 is 14.3 Å². The van der Waals surface area contributed by atoms with Gasteiger partial charge in [-0.25, -0.2) is 4.39 Å². The minimum atomic E-state index is -0.455. The number of aliphatic hydroxyl groups is 1. The standard InChI is InChI=1S/C15H20FNO2/c1-11-6-7-14(16)13(10-11)15(19)17-8-2-4-12(17)5-3-9-18/h6-7,10,12,18H,2-5,8-9H2,1H3. The summed E-state index contributed by atoms with van der Waals surface area (Å²) in [5, 5.41) is 8.89. The largest absolute Gasteiger partial charge is 0.396 e. The molecule has 1 aliphatic rings. The first-order valence-electron chi connectivity index (χ1n) is 6.81. The van der Waals surface area contributed by atoms with Crippen molar-refractivity contribution >= 4 is 5.91 Å². The first-order chi connectivity index (χ1) is 9.13. The highest BCUT2D eigenvalue weighted by atomic mass is 19.1. The smallest absolute Gasteiger partial charge is 0.257 e. The van der Waals surface area contributed by atoms with Crippen molar-refractivity contribution in [3.8, 4) is 0 Å². The first kappa shape index (κ1) is 14.0. The van der Waals surface area contributed by atoms with Crippen molar-refractivity contribution in [3.05, 3.63) is 35.1 Å². The highest BCUT2D eigenvalue weighted by Crippen LogP contribution is 2.24. The summed E-state index contributed by atoms with van der Waals surface area (Å²) >= 11 is 0. The Morgan fingerprint density at radius 3 is 3.05 bits per heavy atom. The fourth-order valence-electron chi connectivity index (χ4n) is 2.69. The molecule has 1 fully saturated rings. The second kappa shape index (κ2) is 6.15. The van der Waals surface area contributed by atoms with Crippen molar-refractivity contribution in [2.24, 2.45) is 0 Å². The maximum atomic E-state index is 13.8. The van der Waals surface area contributed by atoms with Gasteiger partial charge in [0.25, 0.3) is 5.91 Å². The first-order valence-corrected chi connectivity index (χ1v) is 6.81. The van der Waals surface area contributed by atoms with E-state index >= 15 is 0 Å². The van der Waals surface area contributed by atoms with Crippen LogP contribution in [0, 0.1) is 12.7 Å². The Morgan fingerprint density at radius 2 is 2.32 bits per heavy atom. The second-order valence-electron chi connectivity index (χ2n) is 5.14. The Kier molecular flexibility index (Phi) is 4.53. The quantitative estimate of drug-likeness (QED) is 0.908. The molecule has 19 heavy (non-hydrogen) atoms. The Morgan fingerprint density at radius 1 is 1.53 bits per heavy atom. The van der Waals surface area contributed by atoms with Gasteiger partial charge in [-0.2, -0.15) is 0 Å². The third-order valence-electron chi connectivity index (χ3n) is 3.69. The van der Waals surface area contributed by atoms with E-state index in [1.165, 1.54) is 6.07 Å². The monoisotopic (exact) mass is 265 g/mol. The number of hydrogen-bond donors (Lipinski definition) is 1. The fraction of sp³-hybridized carbons (Fsp3) is 0.533. The Balaban J connectivity index is 2.16. The number of hydrogen-bond acceptors (Lipinski definition) is 2. The molecule has 0 bridgehead atoms. The molecule has 1 unspecified atom stereocenters. The summed E-state index contributed by atoms with van der Waals surface area (Å²) in [6.45, 7) is 2.67. The topological polar surface area (TPSA) is 40.5 Å². The zero-order valence-corrected chi connectivity index (χ0v) is 11.2. The molecule has 1 atom stereocenters. The van der Waals surface area contributed by atoms with Gasteiger partial charge >= 0.3 is 0 Å². The van der Waals surface area contributed by atoms with E-state index < -0.39 is 5.82 Å². The molecule has 4 heteroatoms. The third-order valence-corrected chi connectivity index (χ3v) is 3.69. The van der Waals surface area contributed by atoms with Gasteiger partial charge in [0.15, 0.2) is 0 Å². The van der Waals surface area contributed by atoms with Crippen LogP contribution in [0.5, 0.6) is 0 Å². The van der Waals surface area contributed by atoms with Gasteiger partial charge in [0.05, 0.1) is 5.56 Å². The lowest BCUT2D eigenvalue weighted by Gasteiger charge is -2.25. The van der Waals surface area contributed by atoms with Gasteiger partial charge < -0.3 is 10.0 Å². The summed E-state index contributed by atoms with van der Waals surface area (Å²) in [6.07, 6.45) is 3.37. The molecule has 1 heterocycles. The summed E-state index contributed by atoms with van der Waals surface area (Å²) in [5.41, 5.74) is 1.05. The van der Waals surface area contributed by atoms with Crippen LogP contribution in [0.4, 0.5) is 4.39 Å². The number of likely N-dealkylation sites (tertiary alicyclic amines) is 1. The average Bonchev–Trinajstić information content (AvgIpc) is 2.86. The number of carbonyl (C=O) groups excluding carboxylic acids is 1. The number of carbonyl (C=O) groups is 1. The van der Waals surface area contributed by atoms with Gasteiger partial charge in [0.2, 0.25) is 0 Å². The summed E-state index contributed by atoms with van der Waals surface area (Å²) < 4.78 is 13.8. The van der Waals surface area contributed by atoms with Crippen LogP contribution in [0.1, 0.15) is 41.6 Å². The molecule has 3 nitrogen and oxygen atoms in total. The van der Waals surface area contributed by atoms with Gasteiger partial charge in [-0.1, -0.05) is 11.6 Å². The molecular formula is C15H20FNO2. The number of amides is 1. The van der Waals surface area contributed by atoms with Gasteiger partial charge in [-0.15, -0.1) is 0 Å². The number of rotatable bonds is 4. The summed E-state index contributed by atoms with van der Waals surface area (Å²) in [4.78, 5) is 14.2. The lowest BCUT2D eigenvalue weighted by atomic mass is 10.1. The molecule has 1 amide bonds. The SMILES string of the molecule is Cc1ccc(F)c(C(=O)N2CCCC2CCCO)c1. The minimum Gasteiger partial charge on any atom is -0.396 e. The maximum absolute atomic E-state index is 13.8. The molecular weight excluding hydrogens is 245 g/mol. The van der Waals surface area contributed by atoms with Crippen molar-refractivity contribution in [2.75, 3.05) is 13.2 Å². The molecule has 1 aliphatic heterocycles. The number of halogens is 1. The molecule has 0 spiro atoms. The Labute approximate surface area is 113 Å². The van der Waals surface area contributed by atoms with Crippen LogP contribution in [0.2, 0.25) is 0 Å². The van der Waals surface area contributed by atoms with Crippen LogP contribution >= 0.6 is 0 Å². The highest BCUT2D eigenvalue weighted by molar-refractivity contribution is 5.95. The zero-order chi connectivity index (χ0) is 13.8. The predicted octanol–water partition coefficient (Wildman–Crippen LogP) is 2.51. The van der Waals surface area contributed by atoms with Gasteiger partial charge in [-0.3, -0.25) is 4.79 Å². The molecule has 1 N–H and O–H groups in total. The van der Waals surface area contributed by atoms with Crippen LogP contribution in [-0.2, 0) is 0 Å². The Bertz CT molecular complexity index is 461. The highest BCUT2D eigenvalue weighted by Gasteiger charge is 2.30. The summed E-state index contributed by atoms with van der Waals surface area (Å²) in [5.74, 6) is -0.676.